The van der Waals surface area contributed by atoms with Crippen molar-refractivity contribution in [3.63, 3.8) is 0 Å². The molecule has 0 radical (unpaired) electrons. The summed E-state index contributed by atoms with van der Waals surface area (Å²) in [4.78, 5) is 16.5. The second-order valence-corrected chi connectivity index (χ2v) is 9.59. The molecule has 0 spiro atoms. The summed E-state index contributed by atoms with van der Waals surface area (Å²) in [7, 11) is 1.52. The predicted molar refractivity (Wildman–Crippen MR) is 125 cm³/mol. The van der Waals surface area contributed by atoms with Gasteiger partial charge in [0.2, 0.25) is 5.75 Å². The van der Waals surface area contributed by atoms with E-state index in [0.29, 0.717) is 23.8 Å². The van der Waals surface area contributed by atoms with Crippen molar-refractivity contribution in [2.24, 2.45) is 27.6 Å². The Kier molecular flexibility index (Phi) is 5.42. The molecular weight excluding hydrogens is 438 g/mol. The highest BCUT2D eigenvalue weighted by molar-refractivity contribution is 6.04. The van der Waals surface area contributed by atoms with Crippen molar-refractivity contribution in [2.75, 3.05) is 7.11 Å². The highest BCUT2D eigenvalue weighted by Crippen LogP contribution is 2.60. The molecule has 4 atom stereocenters. The summed E-state index contributed by atoms with van der Waals surface area (Å²) in [5.74, 6) is 1.25. The van der Waals surface area contributed by atoms with Crippen LogP contribution in [0.1, 0.15) is 56.1 Å². The molecule has 0 unspecified atom stereocenters. The van der Waals surface area contributed by atoms with Crippen LogP contribution < -0.4 is 9.57 Å². The van der Waals surface area contributed by atoms with E-state index in [9.17, 15) is 20.4 Å². The molecule has 9 heteroatoms. The maximum Gasteiger partial charge on any atom is 0.314 e. The SMILES string of the molecule is COc1cc2c(cc1O)C(=NOc1ccccc1[N+](=O)[O-])C[C@@H]1[C@@H]2CC[C@]2(C)C(=NO)CC[C@@H]12. The zero-order valence-corrected chi connectivity index (χ0v) is 19.1. The molecule has 0 bridgehead atoms. The second-order valence-electron chi connectivity index (χ2n) is 9.59. The van der Waals surface area contributed by atoms with Gasteiger partial charge >= 0.3 is 5.69 Å². The van der Waals surface area contributed by atoms with E-state index in [1.54, 1.807) is 18.2 Å². The third-order valence-electron chi connectivity index (χ3n) is 8.11. The summed E-state index contributed by atoms with van der Waals surface area (Å²) in [6.07, 6.45) is 4.13. The van der Waals surface area contributed by atoms with Gasteiger partial charge in [-0.05, 0) is 73.6 Å². The van der Waals surface area contributed by atoms with Gasteiger partial charge in [0.15, 0.2) is 11.5 Å². The third kappa shape index (κ3) is 3.38. The van der Waals surface area contributed by atoms with Crippen LogP contribution in [0.15, 0.2) is 46.7 Å². The number of hydrogen-bond donors (Lipinski definition) is 2. The van der Waals surface area contributed by atoms with Crippen molar-refractivity contribution in [3.05, 3.63) is 57.6 Å². The highest BCUT2D eigenvalue weighted by Gasteiger charge is 2.54. The minimum Gasteiger partial charge on any atom is -0.504 e. The lowest BCUT2D eigenvalue weighted by Gasteiger charge is -2.48. The molecule has 9 nitrogen and oxygen atoms in total. The molecule has 34 heavy (non-hydrogen) atoms. The fraction of sp³-hybridized carbons (Fsp3) is 0.440. The Balaban J connectivity index is 1.59. The molecule has 2 N–H and O–H groups in total. The van der Waals surface area contributed by atoms with Crippen molar-refractivity contribution in [1.82, 2.24) is 0 Å². The average molecular weight is 466 g/mol. The number of rotatable bonds is 4. The first kappa shape index (κ1) is 22.2. The van der Waals surface area contributed by atoms with Gasteiger partial charge < -0.3 is 19.9 Å². The topological polar surface area (TPSA) is 127 Å². The molecule has 0 saturated heterocycles. The van der Waals surface area contributed by atoms with Gasteiger partial charge in [-0.3, -0.25) is 10.1 Å². The molecular formula is C25H27N3O6. The first-order valence-corrected chi connectivity index (χ1v) is 11.5. The standard InChI is InChI=1S/C25H27N3O6/c1-25-10-9-14-15-13-23(33-2)21(29)12-17(15)19(11-16(14)18(25)7-8-24(25)26-30)27-34-22-6-4-3-5-20(22)28(31)32/h3-6,12-14,16,18,29-30H,7-11H2,1-2H3/t14-,16-,18+,25+/m1/s1. The smallest absolute Gasteiger partial charge is 0.314 e. The van der Waals surface area contributed by atoms with E-state index in [-0.39, 0.29) is 34.4 Å². The van der Waals surface area contributed by atoms with Crippen molar-refractivity contribution >= 4 is 17.1 Å². The Morgan fingerprint density at radius 3 is 2.74 bits per heavy atom. The Labute approximate surface area is 196 Å². The number of benzene rings is 2. The van der Waals surface area contributed by atoms with E-state index in [4.69, 9.17) is 9.57 Å². The van der Waals surface area contributed by atoms with Crippen LogP contribution in [0, 0.1) is 27.4 Å². The molecule has 0 aromatic heterocycles. The molecule has 178 valence electrons. The highest BCUT2D eigenvalue weighted by atomic mass is 16.7. The third-order valence-corrected chi connectivity index (χ3v) is 8.11. The van der Waals surface area contributed by atoms with Gasteiger partial charge in [0, 0.05) is 17.0 Å². The number of nitrogens with zero attached hydrogens (tertiary/aromatic N) is 3. The minimum absolute atomic E-state index is 0.00862. The van der Waals surface area contributed by atoms with Crippen LogP contribution in [0.2, 0.25) is 0 Å². The Morgan fingerprint density at radius 1 is 1.21 bits per heavy atom. The number of para-hydroxylation sites is 2. The fourth-order valence-corrected chi connectivity index (χ4v) is 6.42. The van der Waals surface area contributed by atoms with Crippen LogP contribution in [-0.2, 0) is 0 Å². The first-order valence-electron chi connectivity index (χ1n) is 11.5. The van der Waals surface area contributed by atoms with Gasteiger partial charge in [0.05, 0.1) is 23.5 Å². The van der Waals surface area contributed by atoms with Gasteiger partial charge in [-0.2, -0.15) is 0 Å². The zero-order valence-electron chi connectivity index (χ0n) is 19.1. The first-order chi connectivity index (χ1) is 16.4. The van der Waals surface area contributed by atoms with Crippen LogP contribution in [-0.4, -0.2) is 33.8 Å². The van der Waals surface area contributed by atoms with E-state index >= 15 is 0 Å². The summed E-state index contributed by atoms with van der Waals surface area (Å²) in [5, 5.41) is 39.5. The lowest BCUT2D eigenvalue weighted by molar-refractivity contribution is -0.385. The molecule has 2 fully saturated rings. The molecule has 3 aliphatic rings. The number of phenols is 1. The number of fused-ring (bicyclic) bond motifs is 5. The van der Waals surface area contributed by atoms with E-state index in [2.05, 4.69) is 17.2 Å². The minimum atomic E-state index is -0.502. The molecule has 0 amide bonds. The van der Waals surface area contributed by atoms with Gasteiger partial charge in [0.1, 0.15) is 0 Å². The molecule has 2 aromatic carbocycles. The van der Waals surface area contributed by atoms with Crippen molar-refractivity contribution in [2.45, 2.75) is 44.9 Å². The lowest BCUT2D eigenvalue weighted by Crippen LogP contribution is -2.43. The monoisotopic (exact) mass is 465 g/mol. The molecule has 3 aliphatic carbocycles. The molecule has 2 saturated carbocycles. The maximum absolute atomic E-state index is 11.4. The predicted octanol–water partition coefficient (Wildman–Crippen LogP) is 5.24. The number of aromatic hydroxyl groups is 1. The van der Waals surface area contributed by atoms with E-state index in [1.165, 1.54) is 19.2 Å². The number of nitro groups is 1. The van der Waals surface area contributed by atoms with Crippen LogP contribution in [0.3, 0.4) is 0 Å². The molecule has 2 aromatic rings. The number of oxime groups is 2. The van der Waals surface area contributed by atoms with Gasteiger partial charge in [-0.1, -0.05) is 29.4 Å². The van der Waals surface area contributed by atoms with Gasteiger partial charge in [-0.15, -0.1) is 0 Å². The lowest BCUT2D eigenvalue weighted by atomic mass is 9.55. The largest absolute Gasteiger partial charge is 0.504 e. The maximum atomic E-state index is 11.4. The number of nitro benzene ring substituents is 1. The van der Waals surface area contributed by atoms with E-state index < -0.39 is 4.92 Å². The summed E-state index contributed by atoms with van der Waals surface area (Å²) in [5.41, 5.74) is 2.97. The number of phenolic OH excluding ortho intramolecular Hbond substituents is 1. The summed E-state index contributed by atoms with van der Waals surface area (Å²) < 4.78 is 5.39. The van der Waals surface area contributed by atoms with Crippen LogP contribution >= 0.6 is 0 Å². The molecule has 0 aliphatic heterocycles. The summed E-state index contributed by atoms with van der Waals surface area (Å²) in [6.45, 7) is 2.18. The van der Waals surface area contributed by atoms with Crippen LogP contribution in [0.4, 0.5) is 5.69 Å². The average Bonchev–Trinajstić information content (AvgIpc) is 3.18. The van der Waals surface area contributed by atoms with Crippen molar-refractivity contribution in [1.29, 1.82) is 0 Å². The van der Waals surface area contributed by atoms with Crippen molar-refractivity contribution in [3.8, 4) is 17.2 Å². The van der Waals surface area contributed by atoms with Crippen molar-refractivity contribution < 1.29 is 24.8 Å². The van der Waals surface area contributed by atoms with E-state index in [1.807, 2.05) is 6.07 Å². The van der Waals surface area contributed by atoms with Crippen LogP contribution in [0.5, 0.6) is 17.2 Å². The Bertz CT molecular complexity index is 1210. The summed E-state index contributed by atoms with van der Waals surface area (Å²) in [6, 6.07) is 9.64. The second kappa shape index (κ2) is 8.30. The zero-order chi connectivity index (χ0) is 24.0. The van der Waals surface area contributed by atoms with Gasteiger partial charge in [-0.25, -0.2) is 0 Å². The number of methoxy groups -OCH3 is 1. The molecule has 5 rings (SSSR count). The summed E-state index contributed by atoms with van der Waals surface area (Å²) >= 11 is 0. The van der Waals surface area contributed by atoms with Gasteiger partial charge in [0.25, 0.3) is 0 Å². The number of ether oxygens (including phenoxy) is 1. The Morgan fingerprint density at radius 2 is 2.00 bits per heavy atom. The quantitative estimate of drug-likeness (QED) is 0.361. The fourth-order valence-electron chi connectivity index (χ4n) is 6.42. The van der Waals surface area contributed by atoms with Crippen LogP contribution in [0.25, 0.3) is 0 Å². The Hall–Kier alpha value is -3.62. The normalized spacial score (nSPS) is 29.9. The molecule has 0 heterocycles. The van der Waals surface area contributed by atoms with E-state index in [0.717, 1.165) is 42.5 Å². The number of hydrogen-bond acceptors (Lipinski definition) is 8.